The minimum atomic E-state index is -0.145. The first-order valence-electron chi connectivity index (χ1n) is 7.86. The van der Waals surface area contributed by atoms with Crippen molar-refractivity contribution in [2.24, 2.45) is 18.2 Å². The van der Waals surface area contributed by atoms with Crippen LogP contribution in [0.1, 0.15) is 19.0 Å². The second-order valence-corrected chi connectivity index (χ2v) is 6.68. The summed E-state index contributed by atoms with van der Waals surface area (Å²) in [5, 5.41) is 5.65. The maximum Gasteiger partial charge on any atom is 0.274 e. The van der Waals surface area contributed by atoms with Gasteiger partial charge in [-0.25, -0.2) is 4.68 Å². The van der Waals surface area contributed by atoms with Crippen LogP contribution in [0.2, 0.25) is 0 Å². The summed E-state index contributed by atoms with van der Waals surface area (Å²) >= 11 is 0. The largest absolute Gasteiger partial charge is 0.342 e. The average molecular weight is 314 g/mol. The number of amides is 1. The van der Waals surface area contributed by atoms with E-state index in [1.807, 2.05) is 23.1 Å². The highest BCUT2D eigenvalue weighted by molar-refractivity contribution is 5.88. The van der Waals surface area contributed by atoms with E-state index in [4.69, 9.17) is 5.73 Å². The lowest BCUT2D eigenvalue weighted by Gasteiger charge is -2.22. The van der Waals surface area contributed by atoms with Crippen LogP contribution in [0.25, 0.3) is 10.8 Å². The highest BCUT2D eigenvalue weighted by Crippen LogP contribution is 2.29. The van der Waals surface area contributed by atoms with Crippen molar-refractivity contribution in [2.45, 2.75) is 19.8 Å². The van der Waals surface area contributed by atoms with Gasteiger partial charge in [-0.05, 0) is 24.4 Å². The molecule has 0 spiro atoms. The zero-order chi connectivity index (χ0) is 16.6. The van der Waals surface area contributed by atoms with Gasteiger partial charge < -0.3 is 10.6 Å². The van der Waals surface area contributed by atoms with Gasteiger partial charge in [-0.3, -0.25) is 9.59 Å². The van der Waals surface area contributed by atoms with Gasteiger partial charge in [-0.2, -0.15) is 5.10 Å². The number of carbonyl (C=O) groups excluding carboxylic acids is 1. The van der Waals surface area contributed by atoms with Gasteiger partial charge >= 0.3 is 0 Å². The van der Waals surface area contributed by atoms with Crippen molar-refractivity contribution in [2.75, 3.05) is 19.6 Å². The number of aryl methyl sites for hydroxylation is 1. The van der Waals surface area contributed by atoms with Gasteiger partial charge in [0.05, 0.1) is 17.5 Å². The molecule has 2 aromatic rings. The molecule has 1 aliphatic rings. The van der Waals surface area contributed by atoms with Crippen LogP contribution in [-0.2, 0) is 18.3 Å². The van der Waals surface area contributed by atoms with Gasteiger partial charge in [0, 0.05) is 25.5 Å². The second-order valence-electron chi connectivity index (χ2n) is 6.68. The zero-order valence-electron chi connectivity index (χ0n) is 13.6. The van der Waals surface area contributed by atoms with Gasteiger partial charge in [0.15, 0.2) is 0 Å². The first kappa shape index (κ1) is 15.7. The molecule has 2 heterocycles. The van der Waals surface area contributed by atoms with Gasteiger partial charge in [-0.1, -0.05) is 25.1 Å². The first-order chi connectivity index (χ1) is 10.9. The predicted octanol–water partition coefficient (Wildman–Crippen LogP) is 0.673. The van der Waals surface area contributed by atoms with Crippen molar-refractivity contribution in [3.63, 3.8) is 0 Å². The van der Waals surface area contributed by atoms with E-state index in [-0.39, 0.29) is 23.3 Å². The molecule has 1 saturated heterocycles. The Bertz CT molecular complexity index is 814. The highest BCUT2D eigenvalue weighted by atomic mass is 16.2. The van der Waals surface area contributed by atoms with Crippen LogP contribution in [0.3, 0.4) is 0 Å². The quantitative estimate of drug-likeness (QED) is 0.903. The number of benzene rings is 1. The normalized spacial score (nSPS) is 21.1. The zero-order valence-corrected chi connectivity index (χ0v) is 13.6. The Hall–Kier alpha value is -2.21. The third kappa shape index (κ3) is 2.86. The van der Waals surface area contributed by atoms with E-state index in [1.165, 1.54) is 4.68 Å². The lowest BCUT2D eigenvalue weighted by molar-refractivity contribution is -0.129. The Morgan fingerprint density at radius 3 is 2.70 bits per heavy atom. The Balaban J connectivity index is 1.89. The molecule has 1 aromatic carbocycles. The fourth-order valence-corrected chi connectivity index (χ4v) is 3.16. The molecular formula is C17H22N4O2. The van der Waals surface area contributed by atoms with Crippen molar-refractivity contribution < 1.29 is 4.79 Å². The Kier molecular flexibility index (Phi) is 3.93. The van der Waals surface area contributed by atoms with Crippen molar-refractivity contribution >= 4 is 16.7 Å². The number of fused-ring (bicyclic) bond motifs is 1. The van der Waals surface area contributed by atoms with Crippen LogP contribution < -0.4 is 11.3 Å². The summed E-state index contributed by atoms with van der Waals surface area (Å²) in [6.45, 7) is 4.11. The molecule has 1 unspecified atom stereocenters. The molecule has 3 rings (SSSR count). The molecule has 1 aromatic heterocycles. The van der Waals surface area contributed by atoms with Crippen molar-refractivity contribution in [1.29, 1.82) is 0 Å². The van der Waals surface area contributed by atoms with Crippen molar-refractivity contribution in [3.8, 4) is 0 Å². The maximum atomic E-state index is 12.6. The molecule has 6 heteroatoms. The molecule has 1 amide bonds. The molecular weight excluding hydrogens is 292 g/mol. The molecule has 1 atom stereocenters. The standard InChI is InChI=1S/C17H22N4O2/c1-17(10-18)7-8-21(11-17)15(22)9-14-12-5-3-4-6-13(12)16(23)20(2)19-14/h3-6H,7-11,18H2,1-2H3. The average Bonchev–Trinajstić information content (AvgIpc) is 2.96. The number of hydrogen-bond donors (Lipinski definition) is 1. The van der Waals surface area contributed by atoms with E-state index in [2.05, 4.69) is 12.0 Å². The molecule has 122 valence electrons. The smallest absolute Gasteiger partial charge is 0.274 e. The van der Waals surface area contributed by atoms with E-state index in [1.54, 1.807) is 13.1 Å². The minimum Gasteiger partial charge on any atom is -0.342 e. The van der Waals surface area contributed by atoms with Crippen LogP contribution in [0.4, 0.5) is 0 Å². The summed E-state index contributed by atoms with van der Waals surface area (Å²) in [4.78, 5) is 26.6. The SMILES string of the molecule is Cn1nc(CC(=O)N2CCC(C)(CN)C2)c2ccccc2c1=O. The fourth-order valence-electron chi connectivity index (χ4n) is 3.16. The molecule has 23 heavy (non-hydrogen) atoms. The van der Waals surface area contributed by atoms with Crippen LogP contribution >= 0.6 is 0 Å². The summed E-state index contributed by atoms with van der Waals surface area (Å²) in [7, 11) is 1.62. The number of likely N-dealkylation sites (tertiary alicyclic amines) is 1. The Morgan fingerprint density at radius 2 is 2.04 bits per heavy atom. The molecule has 0 saturated carbocycles. The molecule has 0 bridgehead atoms. The molecule has 2 N–H and O–H groups in total. The number of nitrogens with two attached hydrogens (primary N) is 1. The number of carbonyl (C=O) groups is 1. The van der Waals surface area contributed by atoms with Gasteiger partial charge in [0.1, 0.15) is 0 Å². The third-order valence-electron chi connectivity index (χ3n) is 4.76. The van der Waals surface area contributed by atoms with Gasteiger partial charge in [0.2, 0.25) is 5.91 Å². The number of hydrogen-bond acceptors (Lipinski definition) is 4. The van der Waals surface area contributed by atoms with Crippen LogP contribution in [0, 0.1) is 5.41 Å². The Morgan fingerprint density at radius 1 is 1.35 bits per heavy atom. The number of nitrogens with zero attached hydrogens (tertiary/aromatic N) is 3. The van der Waals surface area contributed by atoms with Crippen LogP contribution in [-0.4, -0.2) is 40.2 Å². The second kappa shape index (κ2) is 5.77. The van der Waals surface area contributed by atoms with Gasteiger partial charge in [0.25, 0.3) is 5.56 Å². The minimum absolute atomic E-state index is 0.00863. The van der Waals surface area contributed by atoms with E-state index < -0.39 is 0 Å². The van der Waals surface area contributed by atoms with Crippen molar-refractivity contribution in [3.05, 3.63) is 40.3 Å². The van der Waals surface area contributed by atoms with E-state index in [0.717, 1.165) is 18.4 Å². The summed E-state index contributed by atoms with van der Waals surface area (Å²) in [6.07, 6.45) is 1.13. The molecule has 0 aliphatic carbocycles. The summed E-state index contributed by atoms with van der Waals surface area (Å²) < 4.78 is 1.30. The van der Waals surface area contributed by atoms with E-state index >= 15 is 0 Å². The fraction of sp³-hybridized carbons (Fsp3) is 0.471. The van der Waals surface area contributed by atoms with Crippen LogP contribution in [0.15, 0.2) is 29.1 Å². The maximum absolute atomic E-state index is 12.6. The number of rotatable bonds is 3. The van der Waals surface area contributed by atoms with E-state index in [0.29, 0.717) is 24.2 Å². The van der Waals surface area contributed by atoms with Gasteiger partial charge in [-0.15, -0.1) is 0 Å². The van der Waals surface area contributed by atoms with Crippen molar-refractivity contribution in [1.82, 2.24) is 14.7 Å². The Labute approximate surface area is 134 Å². The number of aromatic nitrogens is 2. The molecule has 6 nitrogen and oxygen atoms in total. The highest BCUT2D eigenvalue weighted by Gasteiger charge is 2.34. The van der Waals surface area contributed by atoms with E-state index in [9.17, 15) is 9.59 Å². The first-order valence-corrected chi connectivity index (χ1v) is 7.86. The molecule has 1 fully saturated rings. The summed E-state index contributed by atoms with van der Waals surface area (Å²) in [5.74, 6) is 0.0403. The lowest BCUT2D eigenvalue weighted by atomic mass is 9.90. The predicted molar refractivity (Wildman–Crippen MR) is 89.0 cm³/mol. The topological polar surface area (TPSA) is 81.2 Å². The summed E-state index contributed by atoms with van der Waals surface area (Å²) in [5.41, 5.74) is 6.32. The molecule has 1 aliphatic heterocycles. The molecule has 0 radical (unpaired) electrons. The monoisotopic (exact) mass is 314 g/mol. The third-order valence-corrected chi connectivity index (χ3v) is 4.76. The van der Waals surface area contributed by atoms with Crippen LogP contribution in [0.5, 0.6) is 0 Å². The summed E-state index contributed by atoms with van der Waals surface area (Å²) in [6, 6.07) is 7.30. The lowest BCUT2D eigenvalue weighted by Crippen LogP contribution is -2.35.